The molecule has 0 unspecified atom stereocenters. The zero-order chi connectivity index (χ0) is 20.1. The summed E-state index contributed by atoms with van der Waals surface area (Å²) >= 11 is 5.96. The molecule has 0 saturated carbocycles. The van der Waals surface area contributed by atoms with E-state index >= 15 is 0 Å². The first-order valence-electron chi connectivity index (χ1n) is 8.67. The minimum atomic E-state index is -0.452. The van der Waals surface area contributed by atoms with Gasteiger partial charge in [0, 0.05) is 16.8 Å². The van der Waals surface area contributed by atoms with E-state index in [0.717, 1.165) is 5.56 Å². The molecule has 0 saturated heterocycles. The van der Waals surface area contributed by atoms with Crippen molar-refractivity contribution < 1.29 is 14.3 Å². The van der Waals surface area contributed by atoms with Gasteiger partial charge in [0.1, 0.15) is 5.69 Å². The number of aromatic nitrogens is 2. The van der Waals surface area contributed by atoms with Crippen LogP contribution in [0.3, 0.4) is 0 Å². The minimum absolute atomic E-state index is 0.117. The number of hydrogen-bond donors (Lipinski definition) is 0. The molecule has 0 N–H and O–H groups in total. The van der Waals surface area contributed by atoms with Gasteiger partial charge in [0.05, 0.1) is 19.2 Å². The van der Waals surface area contributed by atoms with Gasteiger partial charge in [-0.05, 0) is 30.7 Å². The van der Waals surface area contributed by atoms with E-state index in [4.69, 9.17) is 16.3 Å². The van der Waals surface area contributed by atoms with Crippen molar-refractivity contribution in [3.05, 3.63) is 93.8 Å². The molecule has 0 radical (unpaired) electrons. The predicted octanol–water partition coefficient (Wildman–Crippen LogP) is 4.58. The van der Waals surface area contributed by atoms with Crippen LogP contribution in [0.4, 0.5) is 0 Å². The Morgan fingerprint density at radius 3 is 2.61 bits per heavy atom. The Hall–Kier alpha value is -3.18. The van der Waals surface area contributed by atoms with Gasteiger partial charge in [-0.3, -0.25) is 9.48 Å². The fourth-order valence-electron chi connectivity index (χ4n) is 2.69. The maximum atomic E-state index is 12.5. The van der Waals surface area contributed by atoms with E-state index in [1.54, 1.807) is 53.4 Å². The summed E-state index contributed by atoms with van der Waals surface area (Å²) in [5.41, 5.74) is 3.18. The number of esters is 1. The number of benzene rings is 2. The normalized spacial score (nSPS) is 11.0. The lowest BCUT2D eigenvalue weighted by Gasteiger charge is -2.04. The average Bonchev–Trinajstić information content (AvgIpc) is 3.17. The molecule has 0 aliphatic heterocycles. The molecule has 28 heavy (non-hydrogen) atoms. The molecule has 1 aromatic heterocycles. The van der Waals surface area contributed by atoms with E-state index in [0.29, 0.717) is 34.0 Å². The summed E-state index contributed by atoms with van der Waals surface area (Å²) in [6.07, 6.45) is 5.39. The third kappa shape index (κ3) is 4.56. The molecule has 3 aromatic rings. The van der Waals surface area contributed by atoms with E-state index in [2.05, 4.69) is 5.10 Å². The van der Waals surface area contributed by atoms with Gasteiger partial charge in [0.2, 0.25) is 5.78 Å². The molecule has 2 aromatic carbocycles. The van der Waals surface area contributed by atoms with Crippen molar-refractivity contribution in [3.63, 3.8) is 0 Å². The number of ether oxygens (including phenoxy) is 1. The first-order chi connectivity index (χ1) is 13.5. The van der Waals surface area contributed by atoms with E-state index < -0.39 is 5.97 Å². The van der Waals surface area contributed by atoms with Crippen LogP contribution in [-0.4, -0.2) is 28.6 Å². The largest absolute Gasteiger partial charge is 0.465 e. The molecular formula is C22H19ClN2O3. The lowest BCUT2D eigenvalue weighted by atomic mass is 10.1. The highest BCUT2D eigenvalue weighted by Gasteiger charge is 2.12. The third-order valence-electron chi connectivity index (χ3n) is 4.20. The number of methoxy groups -OCH3 is 1. The summed E-state index contributed by atoms with van der Waals surface area (Å²) in [4.78, 5) is 24.4. The summed E-state index contributed by atoms with van der Waals surface area (Å²) in [6.45, 7) is 2.42. The molecule has 0 spiro atoms. The highest BCUT2D eigenvalue weighted by atomic mass is 35.5. The van der Waals surface area contributed by atoms with Crippen LogP contribution in [0.5, 0.6) is 0 Å². The molecule has 0 aliphatic rings. The van der Waals surface area contributed by atoms with Crippen LogP contribution in [0.2, 0.25) is 5.02 Å². The van der Waals surface area contributed by atoms with Gasteiger partial charge in [-0.15, -0.1) is 0 Å². The Balaban J connectivity index is 1.72. The SMILES string of the molecule is COC(=O)c1cc(Cl)ccc1/C=C/Cn1ccc(C(=O)c2ccc(C)cc2)n1. The van der Waals surface area contributed by atoms with E-state index in [1.165, 1.54) is 7.11 Å². The van der Waals surface area contributed by atoms with Crippen LogP contribution in [0.15, 0.2) is 60.8 Å². The van der Waals surface area contributed by atoms with Crippen LogP contribution in [0.1, 0.15) is 37.5 Å². The Kier molecular flexibility index (Phi) is 6.06. The summed E-state index contributed by atoms with van der Waals surface area (Å²) in [6, 6.07) is 14.1. The lowest BCUT2D eigenvalue weighted by molar-refractivity contribution is 0.0600. The zero-order valence-corrected chi connectivity index (χ0v) is 16.3. The monoisotopic (exact) mass is 394 g/mol. The Morgan fingerprint density at radius 1 is 1.14 bits per heavy atom. The molecule has 0 bridgehead atoms. The number of allylic oxidation sites excluding steroid dienone is 1. The van der Waals surface area contributed by atoms with Gasteiger partial charge < -0.3 is 4.74 Å². The van der Waals surface area contributed by atoms with Gasteiger partial charge >= 0.3 is 5.97 Å². The van der Waals surface area contributed by atoms with Crippen molar-refractivity contribution in [3.8, 4) is 0 Å². The van der Waals surface area contributed by atoms with Crippen LogP contribution in [0, 0.1) is 6.92 Å². The molecule has 5 nitrogen and oxygen atoms in total. The lowest BCUT2D eigenvalue weighted by Crippen LogP contribution is -2.05. The van der Waals surface area contributed by atoms with Gasteiger partial charge in [-0.2, -0.15) is 5.10 Å². The van der Waals surface area contributed by atoms with Crippen LogP contribution < -0.4 is 0 Å². The van der Waals surface area contributed by atoms with E-state index in [-0.39, 0.29) is 5.78 Å². The molecule has 0 aliphatic carbocycles. The number of carbonyl (C=O) groups excluding carboxylic acids is 2. The molecule has 142 valence electrons. The number of nitrogens with zero attached hydrogens (tertiary/aromatic N) is 2. The van der Waals surface area contributed by atoms with Crippen molar-refractivity contribution >= 4 is 29.4 Å². The molecule has 0 atom stereocenters. The number of aryl methyl sites for hydroxylation is 1. The molecule has 0 fully saturated rings. The van der Waals surface area contributed by atoms with Crippen LogP contribution >= 0.6 is 11.6 Å². The third-order valence-corrected chi connectivity index (χ3v) is 4.43. The Morgan fingerprint density at radius 2 is 1.89 bits per heavy atom. The van der Waals surface area contributed by atoms with E-state index in [9.17, 15) is 9.59 Å². The number of halogens is 1. The molecule has 0 amide bonds. The van der Waals surface area contributed by atoms with Gasteiger partial charge in [0.15, 0.2) is 0 Å². The van der Waals surface area contributed by atoms with Gasteiger partial charge in [-0.25, -0.2) is 4.79 Å². The molecule has 6 heteroatoms. The molecule has 3 rings (SSSR count). The maximum Gasteiger partial charge on any atom is 0.338 e. The number of hydrogen-bond acceptors (Lipinski definition) is 4. The second kappa shape index (κ2) is 8.67. The number of rotatable bonds is 6. The molecule has 1 heterocycles. The van der Waals surface area contributed by atoms with Crippen molar-refractivity contribution in [2.45, 2.75) is 13.5 Å². The summed E-state index contributed by atoms with van der Waals surface area (Å²) in [7, 11) is 1.33. The Bertz CT molecular complexity index is 1040. The Labute approximate surface area is 168 Å². The van der Waals surface area contributed by atoms with Gasteiger partial charge in [0.25, 0.3) is 0 Å². The van der Waals surface area contributed by atoms with Crippen molar-refractivity contribution in [1.29, 1.82) is 0 Å². The average molecular weight is 395 g/mol. The standard InChI is InChI=1S/C22H19ClN2O3/c1-15-5-7-17(8-6-15)21(26)20-11-13-25(24-20)12-3-4-16-9-10-18(23)14-19(16)22(27)28-2/h3-11,13-14H,12H2,1-2H3/b4-3+. The van der Waals surface area contributed by atoms with Crippen LogP contribution in [-0.2, 0) is 11.3 Å². The number of ketones is 1. The topological polar surface area (TPSA) is 61.2 Å². The minimum Gasteiger partial charge on any atom is -0.465 e. The predicted molar refractivity (Wildman–Crippen MR) is 109 cm³/mol. The van der Waals surface area contributed by atoms with Crippen LogP contribution in [0.25, 0.3) is 6.08 Å². The summed E-state index contributed by atoms with van der Waals surface area (Å²) in [5.74, 6) is -0.569. The van der Waals surface area contributed by atoms with Crippen molar-refractivity contribution in [1.82, 2.24) is 9.78 Å². The second-order valence-electron chi connectivity index (χ2n) is 6.24. The second-order valence-corrected chi connectivity index (χ2v) is 6.68. The highest BCUT2D eigenvalue weighted by molar-refractivity contribution is 6.31. The summed E-state index contributed by atoms with van der Waals surface area (Å²) < 4.78 is 6.45. The first kappa shape index (κ1) is 19.6. The maximum absolute atomic E-state index is 12.5. The summed E-state index contributed by atoms with van der Waals surface area (Å²) in [5, 5.41) is 4.79. The van der Waals surface area contributed by atoms with E-state index in [1.807, 2.05) is 25.1 Å². The molecular weight excluding hydrogens is 376 g/mol. The first-order valence-corrected chi connectivity index (χ1v) is 9.05. The fourth-order valence-corrected chi connectivity index (χ4v) is 2.86. The quantitative estimate of drug-likeness (QED) is 0.453. The zero-order valence-electron chi connectivity index (χ0n) is 15.6. The fraction of sp³-hybridized carbons (Fsp3) is 0.136. The van der Waals surface area contributed by atoms with Gasteiger partial charge in [-0.1, -0.05) is 59.6 Å². The number of carbonyl (C=O) groups is 2. The van der Waals surface area contributed by atoms with Crippen molar-refractivity contribution in [2.24, 2.45) is 0 Å². The highest BCUT2D eigenvalue weighted by Crippen LogP contribution is 2.18. The smallest absolute Gasteiger partial charge is 0.338 e. The van der Waals surface area contributed by atoms with Crippen molar-refractivity contribution in [2.75, 3.05) is 7.11 Å².